The van der Waals surface area contributed by atoms with E-state index in [0.29, 0.717) is 45.9 Å². The van der Waals surface area contributed by atoms with Crippen molar-refractivity contribution in [2.24, 2.45) is 0 Å². The van der Waals surface area contributed by atoms with Crippen molar-refractivity contribution < 1.29 is 39.0 Å². The lowest BCUT2D eigenvalue weighted by Crippen LogP contribution is -2.42. The number of carbonyl (C=O) groups is 6. The summed E-state index contributed by atoms with van der Waals surface area (Å²) in [6.45, 7) is 0.595. The van der Waals surface area contributed by atoms with Crippen LogP contribution in [0.1, 0.15) is 67.1 Å². The van der Waals surface area contributed by atoms with Gasteiger partial charge in [0.1, 0.15) is 0 Å². The number of carbonyl (C=O) groups excluding carboxylic acids is 4. The molecule has 0 spiro atoms. The van der Waals surface area contributed by atoms with Gasteiger partial charge < -0.3 is 20.0 Å². The molecule has 2 aliphatic rings. The molecule has 2 N–H and O–H groups in total. The van der Waals surface area contributed by atoms with Crippen LogP contribution in [0.3, 0.4) is 0 Å². The SMILES string of the molecule is O=C(O)N(CCCCN(CCCN1C(=O)c2cccc3cccc(c23)C1=O)C(=O)O)CCCN1C(=O)c2cccc3cccc(c23)C1=O. The Morgan fingerprint density at radius 2 is 0.771 bits per heavy atom. The van der Waals surface area contributed by atoms with Gasteiger partial charge in [-0.25, -0.2) is 9.59 Å². The number of amides is 6. The van der Waals surface area contributed by atoms with Gasteiger partial charge in [0.15, 0.2) is 0 Å². The first-order valence-corrected chi connectivity index (χ1v) is 15.9. The van der Waals surface area contributed by atoms with Gasteiger partial charge in [-0.1, -0.05) is 48.5 Å². The second kappa shape index (κ2) is 13.5. The van der Waals surface area contributed by atoms with Crippen LogP contribution >= 0.6 is 0 Å². The molecule has 0 fully saturated rings. The molecule has 6 rings (SSSR count). The summed E-state index contributed by atoms with van der Waals surface area (Å²) in [7, 11) is 0. The highest BCUT2D eigenvalue weighted by Crippen LogP contribution is 2.31. The molecule has 246 valence electrons. The molecule has 12 heteroatoms. The average Bonchev–Trinajstić information content (AvgIpc) is 3.08. The predicted molar refractivity (Wildman–Crippen MR) is 176 cm³/mol. The van der Waals surface area contributed by atoms with Crippen LogP contribution in [0.2, 0.25) is 0 Å². The molecular weight excluding hydrogens is 616 g/mol. The van der Waals surface area contributed by atoms with Crippen molar-refractivity contribution in [2.45, 2.75) is 25.7 Å². The third-order valence-electron chi connectivity index (χ3n) is 8.98. The smallest absolute Gasteiger partial charge is 0.407 e. The van der Waals surface area contributed by atoms with Crippen molar-refractivity contribution in [1.29, 1.82) is 0 Å². The number of benzene rings is 4. The minimum atomic E-state index is -1.15. The van der Waals surface area contributed by atoms with Crippen molar-refractivity contribution >= 4 is 57.4 Å². The molecule has 0 saturated carbocycles. The largest absolute Gasteiger partial charge is 0.465 e. The second-order valence-corrected chi connectivity index (χ2v) is 11.9. The van der Waals surface area contributed by atoms with E-state index in [1.54, 1.807) is 48.5 Å². The minimum absolute atomic E-state index is 0.0573. The highest BCUT2D eigenvalue weighted by molar-refractivity contribution is 6.26. The number of imide groups is 2. The zero-order chi connectivity index (χ0) is 33.9. The summed E-state index contributed by atoms with van der Waals surface area (Å²) >= 11 is 0. The molecule has 48 heavy (non-hydrogen) atoms. The maximum Gasteiger partial charge on any atom is 0.407 e. The van der Waals surface area contributed by atoms with E-state index in [4.69, 9.17) is 0 Å². The Morgan fingerprint density at radius 3 is 1.06 bits per heavy atom. The van der Waals surface area contributed by atoms with Gasteiger partial charge in [0, 0.05) is 72.3 Å². The van der Waals surface area contributed by atoms with Crippen LogP contribution in [0.25, 0.3) is 21.5 Å². The van der Waals surface area contributed by atoms with Crippen LogP contribution in [-0.4, -0.2) is 105 Å². The number of hydrogen-bond donors (Lipinski definition) is 2. The summed E-state index contributed by atoms with van der Waals surface area (Å²) in [5.41, 5.74) is 1.77. The van der Waals surface area contributed by atoms with Crippen molar-refractivity contribution in [3.05, 3.63) is 95.1 Å². The molecule has 0 bridgehead atoms. The molecule has 12 nitrogen and oxygen atoms in total. The summed E-state index contributed by atoms with van der Waals surface area (Å²) < 4.78 is 0. The Labute approximate surface area is 275 Å². The maximum atomic E-state index is 13.1. The van der Waals surface area contributed by atoms with Crippen LogP contribution in [0.15, 0.2) is 72.8 Å². The molecule has 2 aliphatic heterocycles. The van der Waals surface area contributed by atoms with Crippen molar-refractivity contribution in [3.63, 3.8) is 0 Å². The molecule has 0 aliphatic carbocycles. The molecule has 0 radical (unpaired) electrons. The fourth-order valence-corrected chi connectivity index (χ4v) is 6.62. The zero-order valence-corrected chi connectivity index (χ0v) is 26.1. The van der Waals surface area contributed by atoms with Crippen molar-refractivity contribution in [2.75, 3.05) is 39.3 Å². The van der Waals surface area contributed by atoms with Gasteiger partial charge in [0.05, 0.1) is 0 Å². The van der Waals surface area contributed by atoms with E-state index >= 15 is 0 Å². The van der Waals surface area contributed by atoms with Gasteiger partial charge in [-0.05, 0) is 60.7 Å². The number of carboxylic acid groups (broad SMARTS) is 2. The highest BCUT2D eigenvalue weighted by atomic mass is 16.4. The predicted octanol–water partition coefficient (Wildman–Crippen LogP) is 5.41. The minimum Gasteiger partial charge on any atom is -0.465 e. The third kappa shape index (κ3) is 6.04. The van der Waals surface area contributed by atoms with Gasteiger partial charge in [-0.3, -0.25) is 29.0 Å². The van der Waals surface area contributed by atoms with Crippen LogP contribution in [0.4, 0.5) is 9.59 Å². The van der Waals surface area contributed by atoms with Gasteiger partial charge in [0.25, 0.3) is 23.6 Å². The monoisotopic (exact) mass is 650 g/mol. The van der Waals surface area contributed by atoms with Gasteiger partial charge >= 0.3 is 12.2 Å². The maximum absolute atomic E-state index is 13.1. The molecule has 0 atom stereocenters. The van der Waals surface area contributed by atoms with Crippen molar-refractivity contribution in [3.8, 4) is 0 Å². The molecule has 4 aromatic rings. The Hall–Kier alpha value is -5.78. The first kappa shape index (κ1) is 32.2. The van der Waals surface area contributed by atoms with Crippen LogP contribution in [0.5, 0.6) is 0 Å². The first-order chi connectivity index (χ1) is 23.2. The van der Waals surface area contributed by atoms with E-state index in [1.165, 1.54) is 9.80 Å². The summed E-state index contributed by atoms with van der Waals surface area (Å²) in [6, 6.07) is 21.2. The molecule has 4 aromatic carbocycles. The Bertz CT molecular complexity index is 1730. The number of hydrogen-bond acceptors (Lipinski definition) is 6. The fraction of sp³-hybridized carbons (Fsp3) is 0.278. The molecule has 0 saturated heterocycles. The zero-order valence-electron chi connectivity index (χ0n) is 26.1. The fourth-order valence-electron chi connectivity index (χ4n) is 6.62. The summed E-state index contributed by atoms with van der Waals surface area (Å²) in [5, 5.41) is 22.4. The summed E-state index contributed by atoms with van der Waals surface area (Å²) in [6.07, 6.45) is -1.03. The normalized spacial score (nSPS) is 13.8. The lowest BCUT2D eigenvalue weighted by Gasteiger charge is -2.28. The highest BCUT2D eigenvalue weighted by Gasteiger charge is 2.33. The Kier molecular flexibility index (Phi) is 9.06. The quantitative estimate of drug-likeness (QED) is 0.144. The van der Waals surface area contributed by atoms with E-state index in [9.17, 15) is 39.0 Å². The van der Waals surface area contributed by atoms with Gasteiger partial charge in [-0.15, -0.1) is 0 Å². The summed E-state index contributed by atoms with van der Waals surface area (Å²) in [4.78, 5) is 81.1. The number of nitrogens with zero attached hydrogens (tertiary/aromatic N) is 4. The summed E-state index contributed by atoms with van der Waals surface area (Å²) in [5.74, 6) is -1.63. The molecule has 2 heterocycles. The Morgan fingerprint density at radius 1 is 0.479 bits per heavy atom. The Balaban J connectivity index is 0.967. The standard InChI is InChI=1S/C36H34N4O8/c41-31-25-13-3-9-23-10-4-14-26(29(23)25)32(42)39(31)21-7-19-37(35(45)46)17-1-2-18-38(36(47)48)20-8-22-40-33(43)27-15-5-11-24-12-6-16-28(30(24)27)34(40)44/h3-6,9-16H,1-2,7-8,17-22H2,(H,45,46)(H,47,48). The van der Waals surface area contributed by atoms with Crippen LogP contribution in [-0.2, 0) is 0 Å². The number of unbranched alkanes of at least 4 members (excludes halogenated alkanes) is 1. The number of rotatable bonds is 13. The van der Waals surface area contributed by atoms with Crippen LogP contribution < -0.4 is 0 Å². The molecule has 0 aromatic heterocycles. The van der Waals surface area contributed by atoms with E-state index < -0.39 is 35.8 Å². The average molecular weight is 651 g/mol. The van der Waals surface area contributed by atoms with Crippen molar-refractivity contribution in [1.82, 2.24) is 19.6 Å². The van der Waals surface area contributed by atoms with E-state index in [2.05, 4.69) is 0 Å². The third-order valence-corrected chi connectivity index (χ3v) is 8.98. The van der Waals surface area contributed by atoms with Gasteiger partial charge in [-0.2, -0.15) is 0 Å². The van der Waals surface area contributed by atoms with Crippen LogP contribution in [0, 0.1) is 0 Å². The lowest BCUT2D eigenvalue weighted by atomic mass is 9.94. The van der Waals surface area contributed by atoms with E-state index in [1.807, 2.05) is 24.3 Å². The molecule has 6 amide bonds. The molecule has 0 unspecified atom stereocenters. The topological polar surface area (TPSA) is 156 Å². The lowest BCUT2D eigenvalue weighted by molar-refractivity contribution is 0.0586. The molecular formula is C36H34N4O8. The first-order valence-electron chi connectivity index (χ1n) is 15.9. The second-order valence-electron chi connectivity index (χ2n) is 11.9. The van der Waals surface area contributed by atoms with E-state index in [0.717, 1.165) is 20.6 Å². The van der Waals surface area contributed by atoms with Gasteiger partial charge in [0.2, 0.25) is 0 Å². The van der Waals surface area contributed by atoms with E-state index in [-0.39, 0.29) is 52.1 Å².